The zero-order valence-corrected chi connectivity index (χ0v) is 19.9. The Morgan fingerprint density at radius 1 is 1.25 bits per heavy atom. The molecule has 0 bridgehead atoms. The molecule has 1 aliphatic carbocycles. The minimum atomic E-state index is -4.71. The van der Waals surface area contributed by atoms with Gasteiger partial charge in [-0.2, -0.15) is 18.3 Å². The first-order valence-electron chi connectivity index (χ1n) is 11.6. The number of rotatable bonds is 9. The van der Waals surface area contributed by atoms with Gasteiger partial charge in [0.1, 0.15) is 11.5 Å². The molecule has 36 heavy (non-hydrogen) atoms. The highest BCUT2D eigenvalue weighted by molar-refractivity contribution is 5.93. The van der Waals surface area contributed by atoms with Gasteiger partial charge in [0.15, 0.2) is 5.69 Å². The van der Waals surface area contributed by atoms with Crippen LogP contribution < -0.4 is 10.6 Å². The van der Waals surface area contributed by atoms with E-state index in [-0.39, 0.29) is 54.4 Å². The van der Waals surface area contributed by atoms with Crippen LogP contribution in [0.1, 0.15) is 51.8 Å². The van der Waals surface area contributed by atoms with Crippen LogP contribution >= 0.6 is 0 Å². The second-order valence-corrected chi connectivity index (χ2v) is 9.01. The standard InChI is InChI=1S/C25H27F4N5O2/c1-14-9-17(5-6-19(14)26)22(16-3-4-16)32-24(36)21-11-15(12-30-7-8-35)10-20(31-21)18-13-34(2)33-23(18)25(27,28)29/h5-6,9-11,13,16,22,30,35H,3-4,7-8,12H2,1-2H3,(H,32,36)/t22-/m0/s1. The Hall–Kier alpha value is -3.31. The zero-order chi connectivity index (χ0) is 26.0. The summed E-state index contributed by atoms with van der Waals surface area (Å²) in [4.78, 5) is 17.6. The Morgan fingerprint density at radius 2 is 2.00 bits per heavy atom. The van der Waals surface area contributed by atoms with Gasteiger partial charge in [0.05, 0.1) is 23.9 Å². The van der Waals surface area contributed by atoms with Gasteiger partial charge < -0.3 is 15.7 Å². The van der Waals surface area contributed by atoms with E-state index in [1.165, 1.54) is 31.4 Å². The van der Waals surface area contributed by atoms with Crippen LogP contribution in [0.4, 0.5) is 17.6 Å². The fourth-order valence-corrected chi connectivity index (χ4v) is 4.12. The molecular weight excluding hydrogens is 478 g/mol. The third-order valence-electron chi connectivity index (χ3n) is 6.03. The number of carbonyl (C=O) groups excluding carboxylic acids is 1. The van der Waals surface area contributed by atoms with Crippen molar-refractivity contribution in [1.29, 1.82) is 0 Å². The van der Waals surface area contributed by atoms with Crippen molar-refractivity contribution in [3.8, 4) is 11.3 Å². The normalized spacial score (nSPS) is 14.6. The number of hydrogen-bond acceptors (Lipinski definition) is 5. The van der Waals surface area contributed by atoms with E-state index in [4.69, 9.17) is 5.11 Å². The summed E-state index contributed by atoms with van der Waals surface area (Å²) < 4.78 is 55.7. The number of aliphatic hydroxyl groups is 1. The van der Waals surface area contributed by atoms with E-state index in [0.29, 0.717) is 11.1 Å². The first-order chi connectivity index (χ1) is 17.1. The maximum Gasteiger partial charge on any atom is 0.435 e. The monoisotopic (exact) mass is 505 g/mol. The number of aryl methyl sites for hydroxylation is 2. The van der Waals surface area contributed by atoms with Crippen molar-refractivity contribution in [3.05, 3.63) is 70.4 Å². The Balaban J connectivity index is 1.70. The fraction of sp³-hybridized carbons (Fsp3) is 0.400. The van der Waals surface area contributed by atoms with Gasteiger partial charge in [0, 0.05) is 26.3 Å². The molecule has 0 saturated heterocycles. The number of halogens is 4. The lowest BCUT2D eigenvalue weighted by atomic mass is 9.99. The van der Waals surface area contributed by atoms with Crippen LogP contribution in [0.2, 0.25) is 0 Å². The maximum atomic E-state index is 13.8. The van der Waals surface area contributed by atoms with Gasteiger partial charge in [0.2, 0.25) is 0 Å². The van der Waals surface area contributed by atoms with Gasteiger partial charge in [-0.25, -0.2) is 9.37 Å². The summed E-state index contributed by atoms with van der Waals surface area (Å²) in [6, 6.07) is 7.28. The highest BCUT2D eigenvalue weighted by Gasteiger charge is 2.38. The molecule has 0 radical (unpaired) electrons. The number of pyridine rings is 1. The molecule has 1 aliphatic rings. The maximum absolute atomic E-state index is 13.8. The molecule has 3 N–H and O–H groups in total. The molecule has 11 heteroatoms. The summed E-state index contributed by atoms with van der Waals surface area (Å²) in [5.74, 6) is -0.703. The molecule has 2 heterocycles. The van der Waals surface area contributed by atoms with E-state index in [0.717, 1.165) is 23.1 Å². The van der Waals surface area contributed by atoms with E-state index in [9.17, 15) is 22.4 Å². The molecule has 0 aliphatic heterocycles. The predicted molar refractivity (Wildman–Crippen MR) is 124 cm³/mol. The molecule has 1 fully saturated rings. The van der Waals surface area contributed by atoms with Crippen molar-refractivity contribution < 1.29 is 27.5 Å². The SMILES string of the molecule is Cc1cc([C@@H](NC(=O)c2cc(CNCCO)cc(-c3cn(C)nc3C(F)(F)F)n2)C2CC2)ccc1F. The van der Waals surface area contributed by atoms with Crippen molar-refractivity contribution in [2.75, 3.05) is 13.2 Å². The second-order valence-electron chi connectivity index (χ2n) is 9.01. The average Bonchev–Trinajstić information content (AvgIpc) is 3.58. The number of aliphatic hydroxyl groups excluding tert-OH is 1. The van der Waals surface area contributed by atoms with Crippen molar-refractivity contribution in [2.24, 2.45) is 13.0 Å². The van der Waals surface area contributed by atoms with Crippen LogP contribution in [-0.2, 0) is 19.8 Å². The van der Waals surface area contributed by atoms with Crippen molar-refractivity contribution in [1.82, 2.24) is 25.4 Å². The molecule has 7 nitrogen and oxygen atoms in total. The molecular formula is C25H27F4N5O2. The smallest absolute Gasteiger partial charge is 0.395 e. The number of carbonyl (C=O) groups is 1. The van der Waals surface area contributed by atoms with Crippen LogP contribution in [0.3, 0.4) is 0 Å². The number of alkyl halides is 3. The minimum absolute atomic E-state index is 0.0375. The number of amides is 1. The second kappa shape index (κ2) is 10.4. The molecule has 2 aromatic heterocycles. The van der Waals surface area contributed by atoms with Gasteiger partial charge in [-0.3, -0.25) is 9.48 Å². The lowest BCUT2D eigenvalue weighted by Crippen LogP contribution is -2.31. The Labute approximate surface area is 205 Å². The Morgan fingerprint density at radius 3 is 2.64 bits per heavy atom. The summed E-state index contributed by atoms with van der Waals surface area (Å²) in [7, 11) is 1.38. The van der Waals surface area contributed by atoms with Crippen molar-refractivity contribution in [2.45, 2.75) is 38.5 Å². The van der Waals surface area contributed by atoms with Gasteiger partial charge >= 0.3 is 6.18 Å². The largest absolute Gasteiger partial charge is 0.435 e. The van der Waals surface area contributed by atoms with E-state index in [2.05, 4.69) is 20.7 Å². The third-order valence-corrected chi connectivity index (χ3v) is 6.03. The molecule has 3 aromatic rings. The average molecular weight is 506 g/mol. The fourth-order valence-electron chi connectivity index (χ4n) is 4.12. The van der Waals surface area contributed by atoms with E-state index >= 15 is 0 Å². The van der Waals surface area contributed by atoms with Crippen molar-refractivity contribution in [3.63, 3.8) is 0 Å². The highest BCUT2D eigenvalue weighted by atomic mass is 19.4. The van der Waals surface area contributed by atoms with Crippen LogP contribution in [0, 0.1) is 18.7 Å². The summed E-state index contributed by atoms with van der Waals surface area (Å²) in [5.41, 5.74) is 0.326. The molecule has 0 spiro atoms. The number of hydrogen-bond donors (Lipinski definition) is 3. The van der Waals surface area contributed by atoms with Crippen LogP contribution in [0.5, 0.6) is 0 Å². The van der Waals surface area contributed by atoms with Crippen LogP contribution in [0.15, 0.2) is 36.5 Å². The van der Waals surface area contributed by atoms with Crippen LogP contribution in [-0.4, -0.2) is 38.9 Å². The lowest BCUT2D eigenvalue weighted by molar-refractivity contribution is -0.141. The molecule has 1 atom stereocenters. The topological polar surface area (TPSA) is 92.1 Å². The van der Waals surface area contributed by atoms with Gasteiger partial charge in [0.25, 0.3) is 5.91 Å². The van der Waals surface area contributed by atoms with E-state index in [1.54, 1.807) is 19.1 Å². The molecule has 0 unspecified atom stereocenters. The summed E-state index contributed by atoms with van der Waals surface area (Å²) >= 11 is 0. The van der Waals surface area contributed by atoms with Crippen LogP contribution in [0.25, 0.3) is 11.3 Å². The first-order valence-corrected chi connectivity index (χ1v) is 11.6. The van der Waals surface area contributed by atoms with E-state index in [1.807, 2.05) is 0 Å². The predicted octanol–water partition coefficient (Wildman–Crippen LogP) is 3.91. The number of aromatic nitrogens is 3. The van der Waals surface area contributed by atoms with Crippen molar-refractivity contribution >= 4 is 5.91 Å². The number of benzene rings is 1. The quantitative estimate of drug-likeness (QED) is 0.303. The lowest BCUT2D eigenvalue weighted by Gasteiger charge is -2.20. The minimum Gasteiger partial charge on any atom is -0.395 e. The Kier molecular flexibility index (Phi) is 7.41. The molecule has 1 amide bonds. The van der Waals surface area contributed by atoms with Gasteiger partial charge in [-0.1, -0.05) is 12.1 Å². The van der Waals surface area contributed by atoms with E-state index < -0.39 is 17.8 Å². The number of nitrogens with zero attached hydrogens (tertiary/aromatic N) is 3. The zero-order valence-electron chi connectivity index (χ0n) is 19.9. The summed E-state index contributed by atoms with van der Waals surface area (Å²) in [5, 5.41) is 18.5. The summed E-state index contributed by atoms with van der Waals surface area (Å²) in [6.45, 7) is 2.01. The molecule has 1 saturated carbocycles. The van der Waals surface area contributed by atoms with Gasteiger partial charge in [-0.05, 0) is 60.6 Å². The molecule has 1 aromatic carbocycles. The highest BCUT2D eigenvalue weighted by Crippen LogP contribution is 2.41. The third kappa shape index (κ3) is 5.90. The first kappa shape index (κ1) is 25.8. The van der Waals surface area contributed by atoms with Gasteiger partial charge in [-0.15, -0.1) is 0 Å². The Bertz CT molecular complexity index is 1250. The summed E-state index contributed by atoms with van der Waals surface area (Å²) in [6.07, 6.45) is -1.69. The molecule has 192 valence electrons. The number of nitrogens with one attached hydrogen (secondary N) is 2. The molecule has 4 rings (SSSR count).